The molecule has 0 aliphatic carbocycles. The Bertz CT molecular complexity index is 378. The minimum absolute atomic E-state index is 0.551. The number of nitrogen functional groups attached to an aromatic ring is 1. The number of hydrogen-bond donors (Lipinski definition) is 1. The van der Waals surface area contributed by atoms with E-state index in [4.69, 9.17) is 5.73 Å². The van der Waals surface area contributed by atoms with Gasteiger partial charge in [0.2, 0.25) is 0 Å². The van der Waals surface area contributed by atoms with Crippen molar-refractivity contribution in [3.05, 3.63) is 11.9 Å². The fourth-order valence-electron chi connectivity index (χ4n) is 2.57. The average Bonchev–Trinajstić information content (AvgIpc) is 2.37. The minimum atomic E-state index is 0.551. The number of piperidine rings is 1. The second-order valence-corrected chi connectivity index (χ2v) is 4.97. The molecule has 5 nitrogen and oxygen atoms in total. The third kappa shape index (κ3) is 2.90. The first-order valence-electron chi connectivity index (χ1n) is 6.66. The number of rotatable bonds is 3. The maximum Gasteiger partial charge on any atom is 0.134 e. The third-order valence-electron chi connectivity index (χ3n) is 3.76. The molecule has 0 aromatic carbocycles. The highest BCUT2D eigenvalue weighted by atomic mass is 15.2. The second-order valence-electron chi connectivity index (χ2n) is 4.97. The maximum atomic E-state index is 5.78. The van der Waals surface area contributed by atoms with Gasteiger partial charge in [0.1, 0.15) is 17.5 Å². The molecule has 0 spiro atoms. The lowest BCUT2D eigenvalue weighted by atomic mass is 10.0. The van der Waals surface area contributed by atoms with E-state index < -0.39 is 0 Å². The third-order valence-corrected chi connectivity index (χ3v) is 3.76. The zero-order valence-corrected chi connectivity index (χ0v) is 11.6. The van der Waals surface area contributed by atoms with Crippen LogP contribution in [0.4, 0.5) is 11.6 Å². The van der Waals surface area contributed by atoms with E-state index in [1.807, 2.05) is 13.0 Å². The molecule has 1 fully saturated rings. The number of hydrogen-bond acceptors (Lipinski definition) is 5. The van der Waals surface area contributed by atoms with Crippen LogP contribution in [0.5, 0.6) is 0 Å². The van der Waals surface area contributed by atoms with Crippen molar-refractivity contribution >= 4 is 11.6 Å². The van der Waals surface area contributed by atoms with E-state index in [0.717, 1.165) is 18.2 Å². The van der Waals surface area contributed by atoms with E-state index in [2.05, 4.69) is 33.7 Å². The van der Waals surface area contributed by atoms with Gasteiger partial charge in [0.15, 0.2) is 0 Å². The van der Waals surface area contributed by atoms with Crippen molar-refractivity contribution in [1.82, 2.24) is 14.9 Å². The van der Waals surface area contributed by atoms with Crippen molar-refractivity contribution in [2.24, 2.45) is 0 Å². The van der Waals surface area contributed by atoms with Crippen LogP contribution < -0.4 is 10.6 Å². The van der Waals surface area contributed by atoms with E-state index >= 15 is 0 Å². The van der Waals surface area contributed by atoms with E-state index in [9.17, 15) is 0 Å². The Labute approximate surface area is 109 Å². The van der Waals surface area contributed by atoms with Crippen molar-refractivity contribution in [3.8, 4) is 0 Å². The smallest absolute Gasteiger partial charge is 0.134 e. The SMILES string of the molecule is CCN1CCC(N(C)c2cc(N)nc(C)n2)CC1. The molecule has 2 N–H and O–H groups in total. The van der Waals surface area contributed by atoms with Crippen LogP contribution in [-0.2, 0) is 0 Å². The van der Waals surface area contributed by atoms with Gasteiger partial charge in [0, 0.05) is 32.2 Å². The lowest BCUT2D eigenvalue weighted by molar-refractivity contribution is 0.220. The zero-order chi connectivity index (χ0) is 13.1. The predicted molar refractivity (Wildman–Crippen MR) is 74.7 cm³/mol. The molecule has 100 valence electrons. The Morgan fingerprint density at radius 3 is 2.61 bits per heavy atom. The molecule has 0 saturated carbocycles. The highest BCUT2D eigenvalue weighted by Crippen LogP contribution is 2.21. The summed E-state index contributed by atoms with van der Waals surface area (Å²) in [6.45, 7) is 7.60. The fraction of sp³-hybridized carbons (Fsp3) is 0.692. The zero-order valence-electron chi connectivity index (χ0n) is 11.6. The number of likely N-dealkylation sites (tertiary alicyclic amines) is 1. The van der Waals surface area contributed by atoms with Gasteiger partial charge in [-0.05, 0) is 26.3 Å². The largest absolute Gasteiger partial charge is 0.384 e. The van der Waals surface area contributed by atoms with Crippen molar-refractivity contribution in [1.29, 1.82) is 0 Å². The van der Waals surface area contributed by atoms with E-state index in [1.54, 1.807) is 0 Å². The number of anilines is 2. The van der Waals surface area contributed by atoms with E-state index in [-0.39, 0.29) is 0 Å². The van der Waals surface area contributed by atoms with E-state index in [1.165, 1.54) is 25.9 Å². The molecule has 1 aromatic heterocycles. The topological polar surface area (TPSA) is 58.3 Å². The quantitative estimate of drug-likeness (QED) is 0.874. The van der Waals surface area contributed by atoms with Crippen LogP contribution in [0, 0.1) is 6.92 Å². The van der Waals surface area contributed by atoms with Gasteiger partial charge in [-0.1, -0.05) is 6.92 Å². The molecule has 1 aliphatic rings. The lowest BCUT2D eigenvalue weighted by Gasteiger charge is -2.36. The first-order chi connectivity index (χ1) is 8.60. The van der Waals surface area contributed by atoms with Gasteiger partial charge in [-0.3, -0.25) is 0 Å². The summed E-state index contributed by atoms with van der Waals surface area (Å²) in [6, 6.07) is 2.42. The first-order valence-corrected chi connectivity index (χ1v) is 6.66. The summed E-state index contributed by atoms with van der Waals surface area (Å²) in [5, 5.41) is 0. The van der Waals surface area contributed by atoms with Crippen LogP contribution in [0.3, 0.4) is 0 Å². The Morgan fingerprint density at radius 1 is 1.39 bits per heavy atom. The lowest BCUT2D eigenvalue weighted by Crippen LogP contribution is -2.43. The van der Waals surface area contributed by atoms with Gasteiger partial charge >= 0.3 is 0 Å². The molecule has 0 amide bonds. The fourth-order valence-corrected chi connectivity index (χ4v) is 2.57. The van der Waals surface area contributed by atoms with Crippen molar-refractivity contribution < 1.29 is 0 Å². The highest BCUT2D eigenvalue weighted by molar-refractivity contribution is 5.47. The molecular weight excluding hydrogens is 226 g/mol. The molecular formula is C13H23N5. The molecule has 1 aliphatic heterocycles. The van der Waals surface area contributed by atoms with Crippen molar-refractivity contribution in [3.63, 3.8) is 0 Å². The van der Waals surface area contributed by atoms with Crippen LogP contribution >= 0.6 is 0 Å². The summed E-state index contributed by atoms with van der Waals surface area (Å²) in [4.78, 5) is 13.3. The first kappa shape index (κ1) is 13.1. The summed E-state index contributed by atoms with van der Waals surface area (Å²) < 4.78 is 0. The number of aryl methyl sites for hydroxylation is 1. The van der Waals surface area contributed by atoms with Crippen LogP contribution in [0.15, 0.2) is 6.07 Å². The molecule has 5 heteroatoms. The van der Waals surface area contributed by atoms with Crippen LogP contribution in [0.1, 0.15) is 25.6 Å². The molecule has 0 unspecified atom stereocenters. The Balaban J connectivity index is 2.05. The van der Waals surface area contributed by atoms with Gasteiger partial charge < -0.3 is 15.5 Å². The maximum absolute atomic E-state index is 5.78. The molecule has 0 bridgehead atoms. The van der Waals surface area contributed by atoms with Crippen LogP contribution in [0.25, 0.3) is 0 Å². The average molecular weight is 249 g/mol. The van der Waals surface area contributed by atoms with Gasteiger partial charge in [0.25, 0.3) is 0 Å². The molecule has 1 aromatic rings. The normalized spacial score (nSPS) is 17.9. The molecule has 0 atom stereocenters. The minimum Gasteiger partial charge on any atom is -0.384 e. The Hall–Kier alpha value is -1.36. The Kier molecular flexibility index (Phi) is 4.01. The summed E-state index contributed by atoms with van der Waals surface area (Å²) in [6.07, 6.45) is 2.38. The van der Waals surface area contributed by atoms with Gasteiger partial charge in [-0.15, -0.1) is 0 Å². The number of nitrogens with two attached hydrogens (primary N) is 1. The highest BCUT2D eigenvalue weighted by Gasteiger charge is 2.22. The number of aromatic nitrogens is 2. The standard InChI is InChI=1S/C13H23N5/c1-4-18-7-5-11(6-8-18)17(3)13-9-12(14)15-10(2)16-13/h9,11H,4-8H2,1-3H3,(H2,14,15,16). The molecule has 18 heavy (non-hydrogen) atoms. The van der Waals surface area contributed by atoms with Crippen LogP contribution in [-0.4, -0.2) is 47.6 Å². The van der Waals surface area contributed by atoms with Gasteiger partial charge in [-0.2, -0.15) is 0 Å². The summed E-state index contributed by atoms with van der Waals surface area (Å²) in [5.74, 6) is 2.23. The predicted octanol–water partition coefficient (Wildman–Crippen LogP) is 1.29. The Morgan fingerprint density at radius 2 is 2.06 bits per heavy atom. The van der Waals surface area contributed by atoms with Gasteiger partial charge in [0.05, 0.1) is 0 Å². The van der Waals surface area contributed by atoms with E-state index in [0.29, 0.717) is 11.9 Å². The molecule has 2 heterocycles. The molecule has 2 rings (SSSR count). The van der Waals surface area contributed by atoms with Crippen LogP contribution in [0.2, 0.25) is 0 Å². The van der Waals surface area contributed by atoms with Gasteiger partial charge in [-0.25, -0.2) is 9.97 Å². The number of nitrogens with zero attached hydrogens (tertiary/aromatic N) is 4. The second kappa shape index (κ2) is 5.52. The molecule has 1 saturated heterocycles. The van der Waals surface area contributed by atoms with Crippen molar-refractivity contribution in [2.75, 3.05) is 37.3 Å². The summed E-state index contributed by atoms with van der Waals surface area (Å²) in [5.41, 5.74) is 5.78. The monoisotopic (exact) mass is 249 g/mol. The van der Waals surface area contributed by atoms with Crippen molar-refractivity contribution in [2.45, 2.75) is 32.7 Å². The summed E-state index contributed by atoms with van der Waals surface area (Å²) >= 11 is 0. The summed E-state index contributed by atoms with van der Waals surface area (Å²) in [7, 11) is 2.10. The molecule has 0 radical (unpaired) electrons.